The normalized spacial score (nSPS) is 12.4. The molecule has 4 rings (SSSR count). The van der Waals surface area contributed by atoms with Crippen molar-refractivity contribution in [1.29, 1.82) is 0 Å². The van der Waals surface area contributed by atoms with Crippen LogP contribution in [0.1, 0.15) is 16.1 Å². The lowest BCUT2D eigenvalue weighted by Crippen LogP contribution is -2.14. The Balaban J connectivity index is 1.67. The maximum atomic E-state index is 12.5. The Bertz CT molecular complexity index is 907. The molecule has 114 valence electrons. The average molecular weight is 343 g/mol. The molecule has 0 fully saturated rings. The summed E-state index contributed by atoms with van der Waals surface area (Å²) in [5.74, 6) is 1.04. The van der Waals surface area contributed by atoms with Crippen molar-refractivity contribution < 1.29 is 9.32 Å². The van der Waals surface area contributed by atoms with Crippen LogP contribution in [0.5, 0.6) is 0 Å². The van der Waals surface area contributed by atoms with Gasteiger partial charge < -0.3 is 9.84 Å². The monoisotopic (exact) mass is 342 g/mol. The zero-order valence-electron chi connectivity index (χ0n) is 11.9. The molecule has 0 saturated carbocycles. The number of amides is 1. The molecule has 0 unspecified atom stereocenters. The zero-order valence-corrected chi connectivity index (χ0v) is 13.4. The van der Waals surface area contributed by atoms with Gasteiger partial charge in [0.1, 0.15) is 0 Å². The smallest absolute Gasteiger partial charge is 0.278 e. The first-order valence-corrected chi connectivity index (χ1v) is 8.36. The van der Waals surface area contributed by atoms with E-state index in [9.17, 15) is 4.79 Å². The summed E-state index contributed by atoms with van der Waals surface area (Å²) in [6.45, 7) is 0. The molecule has 1 aliphatic heterocycles. The van der Waals surface area contributed by atoms with E-state index in [0.717, 1.165) is 16.0 Å². The van der Waals surface area contributed by atoms with Gasteiger partial charge in [-0.05, 0) is 30.3 Å². The first-order valence-electron chi connectivity index (χ1n) is 7.00. The number of halogens is 1. The molecule has 4 nitrogen and oxygen atoms in total. The number of anilines is 1. The molecule has 0 spiro atoms. The molecule has 2 aromatic carbocycles. The third-order valence-corrected chi connectivity index (χ3v) is 4.92. The number of nitrogens with zero attached hydrogens (tertiary/aromatic N) is 1. The zero-order chi connectivity index (χ0) is 15.8. The lowest BCUT2D eigenvalue weighted by molar-refractivity contribution is 0.101. The quantitative estimate of drug-likeness (QED) is 0.723. The Kier molecular flexibility index (Phi) is 3.59. The van der Waals surface area contributed by atoms with E-state index >= 15 is 0 Å². The van der Waals surface area contributed by atoms with Crippen molar-refractivity contribution in [2.45, 2.75) is 10.6 Å². The molecule has 0 atom stereocenters. The van der Waals surface area contributed by atoms with Crippen LogP contribution in [0.4, 0.5) is 5.69 Å². The molecule has 1 aromatic heterocycles. The number of carbonyl (C=O) groups excluding carboxylic acids is 1. The van der Waals surface area contributed by atoms with Gasteiger partial charge in [-0.3, -0.25) is 4.79 Å². The molecule has 0 radical (unpaired) electrons. The topological polar surface area (TPSA) is 55.1 Å². The molecule has 0 aliphatic carbocycles. The molecule has 1 aliphatic rings. The van der Waals surface area contributed by atoms with Crippen molar-refractivity contribution in [3.63, 3.8) is 0 Å². The van der Waals surface area contributed by atoms with Crippen LogP contribution in [0.25, 0.3) is 11.3 Å². The highest BCUT2D eigenvalue weighted by Gasteiger charge is 2.27. The van der Waals surface area contributed by atoms with Gasteiger partial charge in [-0.15, -0.1) is 11.8 Å². The predicted octanol–water partition coefficient (Wildman–Crippen LogP) is 4.85. The molecule has 1 N–H and O–H groups in total. The molecular weight excluding hydrogens is 332 g/mol. The third kappa shape index (κ3) is 2.62. The summed E-state index contributed by atoms with van der Waals surface area (Å²) in [6, 6.07) is 14.9. The predicted molar refractivity (Wildman–Crippen MR) is 90.9 cm³/mol. The highest BCUT2D eigenvalue weighted by atomic mass is 35.5. The van der Waals surface area contributed by atoms with E-state index in [1.165, 1.54) is 0 Å². The van der Waals surface area contributed by atoms with Crippen LogP contribution < -0.4 is 5.32 Å². The van der Waals surface area contributed by atoms with Crippen LogP contribution in [0.2, 0.25) is 5.02 Å². The molecule has 3 aromatic rings. The summed E-state index contributed by atoms with van der Waals surface area (Å²) in [5, 5.41) is 7.35. The molecule has 23 heavy (non-hydrogen) atoms. The second-order valence-corrected chi connectivity index (χ2v) is 6.54. The second kappa shape index (κ2) is 5.76. The van der Waals surface area contributed by atoms with Gasteiger partial charge >= 0.3 is 0 Å². The maximum absolute atomic E-state index is 12.5. The van der Waals surface area contributed by atoms with Gasteiger partial charge in [0, 0.05) is 32.5 Å². The van der Waals surface area contributed by atoms with E-state index in [-0.39, 0.29) is 5.91 Å². The van der Waals surface area contributed by atoms with Crippen molar-refractivity contribution in [3.05, 3.63) is 64.8 Å². The lowest BCUT2D eigenvalue weighted by atomic mass is 10.1. The molecule has 1 amide bonds. The summed E-state index contributed by atoms with van der Waals surface area (Å²) < 4.78 is 5.45. The van der Waals surface area contributed by atoms with Crippen molar-refractivity contribution in [2.75, 3.05) is 5.32 Å². The Morgan fingerprint density at radius 1 is 1.22 bits per heavy atom. The van der Waals surface area contributed by atoms with Gasteiger partial charge in [0.05, 0.1) is 0 Å². The van der Waals surface area contributed by atoms with E-state index in [2.05, 4.69) is 10.5 Å². The summed E-state index contributed by atoms with van der Waals surface area (Å²) in [6.07, 6.45) is 0. The second-order valence-electron chi connectivity index (χ2n) is 5.09. The van der Waals surface area contributed by atoms with Crippen molar-refractivity contribution in [2.24, 2.45) is 0 Å². The largest absolute Gasteiger partial charge is 0.355 e. The fourth-order valence-electron chi connectivity index (χ4n) is 2.52. The van der Waals surface area contributed by atoms with Crippen LogP contribution in [-0.2, 0) is 5.75 Å². The number of thioether (sulfide) groups is 1. The number of benzene rings is 2. The van der Waals surface area contributed by atoms with Gasteiger partial charge in [0.15, 0.2) is 11.5 Å². The lowest BCUT2D eigenvalue weighted by Gasteiger charge is -2.13. The summed E-state index contributed by atoms with van der Waals surface area (Å²) in [4.78, 5) is 13.6. The van der Waals surface area contributed by atoms with Crippen LogP contribution >= 0.6 is 23.4 Å². The first kappa shape index (κ1) is 14.4. The molecule has 0 saturated heterocycles. The Labute approximate surface area is 141 Å². The third-order valence-electron chi connectivity index (χ3n) is 3.59. The van der Waals surface area contributed by atoms with Crippen LogP contribution in [0, 0.1) is 0 Å². The van der Waals surface area contributed by atoms with Gasteiger partial charge in [-0.2, -0.15) is 0 Å². The van der Waals surface area contributed by atoms with Gasteiger partial charge in [0.2, 0.25) is 0 Å². The van der Waals surface area contributed by atoms with E-state index in [0.29, 0.717) is 27.9 Å². The fraction of sp³-hybridized carbons (Fsp3) is 0.0588. The first-order chi connectivity index (χ1) is 11.2. The van der Waals surface area contributed by atoms with Gasteiger partial charge in [0.25, 0.3) is 5.91 Å². The minimum Gasteiger partial charge on any atom is -0.355 e. The minimum absolute atomic E-state index is 0.294. The number of hydrogen-bond acceptors (Lipinski definition) is 4. The molecular formula is C17H11ClN2O2S. The van der Waals surface area contributed by atoms with E-state index in [1.807, 2.05) is 24.3 Å². The Morgan fingerprint density at radius 3 is 2.96 bits per heavy atom. The number of rotatable bonds is 2. The van der Waals surface area contributed by atoms with Crippen molar-refractivity contribution in [3.8, 4) is 11.3 Å². The van der Waals surface area contributed by atoms with Crippen molar-refractivity contribution in [1.82, 2.24) is 5.16 Å². The fourth-order valence-corrected chi connectivity index (χ4v) is 3.77. The number of carbonyl (C=O) groups is 1. The summed E-state index contributed by atoms with van der Waals surface area (Å²) >= 11 is 7.61. The van der Waals surface area contributed by atoms with Crippen LogP contribution in [-0.4, -0.2) is 11.1 Å². The van der Waals surface area contributed by atoms with Crippen molar-refractivity contribution >= 4 is 35.0 Å². The van der Waals surface area contributed by atoms with Gasteiger partial charge in [-0.1, -0.05) is 35.0 Å². The minimum atomic E-state index is -0.294. The van der Waals surface area contributed by atoms with E-state index < -0.39 is 0 Å². The van der Waals surface area contributed by atoms with Crippen LogP contribution in [0.15, 0.2) is 57.9 Å². The Morgan fingerprint density at radius 2 is 2.09 bits per heavy atom. The van der Waals surface area contributed by atoms with E-state index in [1.54, 1.807) is 36.0 Å². The maximum Gasteiger partial charge on any atom is 0.278 e. The number of fused-ring (bicyclic) bond motifs is 3. The Hall–Kier alpha value is -2.24. The molecule has 0 bridgehead atoms. The highest BCUT2D eigenvalue weighted by Crippen LogP contribution is 2.42. The van der Waals surface area contributed by atoms with E-state index in [4.69, 9.17) is 16.1 Å². The number of aromatic nitrogens is 1. The number of nitrogens with one attached hydrogen (secondary N) is 1. The highest BCUT2D eigenvalue weighted by molar-refractivity contribution is 7.98. The summed E-state index contributed by atoms with van der Waals surface area (Å²) in [5.41, 5.74) is 2.76. The number of hydrogen-bond donors (Lipinski definition) is 1. The average Bonchev–Trinajstić information content (AvgIpc) is 2.99. The SMILES string of the molecule is O=C(Nc1cccc(Cl)c1)c1noc2c1CSc1ccccc1-2. The molecule has 6 heteroatoms. The standard InChI is InChI=1S/C17H11ClN2O2S/c18-10-4-3-5-11(8-10)19-17(21)15-13-9-23-14-7-2-1-6-12(14)16(13)22-20-15/h1-8H,9H2,(H,19,21). The van der Waals surface area contributed by atoms with Crippen LogP contribution in [0.3, 0.4) is 0 Å². The van der Waals surface area contributed by atoms with Gasteiger partial charge in [-0.25, -0.2) is 0 Å². The molecule has 2 heterocycles. The summed E-state index contributed by atoms with van der Waals surface area (Å²) in [7, 11) is 0.